The summed E-state index contributed by atoms with van der Waals surface area (Å²) >= 11 is 0. The van der Waals surface area contributed by atoms with Crippen LogP contribution in [0.4, 0.5) is 0 Å². The maximum absolute atomic E-state index is 12.7. The minimum Gasteiger partial charge on any atom is -0.507 e. The van der Waals surface area contributed by atoms with Crippen LogP contribution in [0.15, 0.2) is 51.1 Å². The molecule has 164 valence electrons. The lowest BCUT2D eigenvalue weighted by Gasteiger charge is -2.18. The Labute approximate surface area is 176 Å². The molecule has 0 fully saturated rings. The van der Waals surface area contributed by atoms with Crippen LogP contribution in [0, 0.1) is 0 Å². The summed E-state index contributed by atoms with van der Waals surface area (Å²) in [5, 5.41) is 21.5. The number of primary sulfonamides is 2. The molecular formula is C17H15N3O8S3. The fourth-order valence-corrected chi connectivity index (χ4v) is 6.35. The first kappa shape index (κ1) is 21.6. The van der Waals surface area contributed by atoms with E-state index in [1.165, 1.54) is 24.3 Å². The quantitative estimate of drug-likeness (QED) is 0.230. The molecule has 0 atom stereocenters. The lowest BCUT2D eigenvalue weighted by atomic mass is 9.94. The average Bonchev–Trinajstić information content (AvgIpc) is 2.64. The van der Waals surface area contributed by atoms with Crippen molar-refractivity contribution in [3.63, 3.8) is 0 Å². The van der Waals surface area contributed by atoms with Gasteiger partial charge in [-0.05, 0) is 12.1 Å². The zero-order valence-electron chi connectivity index (χ0n) is 15.6. The number of phenols is 1. The first-order valence-electron chi connectivity index (χ1n) is 8.35. The largest absolute Gasteiger partial charge is 0.507 e. The van der Waals surface area contributed by atoms with Gasteiger partial charge in [-0.2, -0.15) is 0 Å². The van der Waals surface area contributed by atoms with E-state index in [4.69, 9.17) is 10.3 Å². The summed E-state index contributed by atoms with van der Waals surface area (Å²) in [5.41, 5.74) is 0. The number of aromatic hydroxyl groups is 1. The predicted octanol–water partition coefficient (Wildman–Crippen LogP) is 0.424. The number of sulfonamides is 3. The highest BCUT2D eigenvalue weighted by molar-refractivity contribution is 7.90. The smallest absolute Gasteiger partial charge is 0.263 e. The van der Waals surface area contributed by atoms with Crippen molar-refractivity contribution in [1.29, 1.82) is 0 Å². The first-order valence-corrected chi connectivity index (χ1v) is 12.9. The second-order valence-corrected chi connectivity index (χ2v) is 11.4. The molecule has 0 spiro atoms. The molecule has 0 saturated heterocycles. The molecule has 6 N–H and O–H groups in total. The molecule has 4 aromatic carbocycles. The van der Waals surface area contributed by atoms with Crippen LogP contribution in [0.2, 0.25) is 0 Å². The van der Waals surface area contributed by atoms with Crippen LogP contribution in [0.25, 0.3) is 32.3 Å². The van der Waals surface area contributed by atoms with Gasteiger partial charge in [-0.25, -0.2) is 35.5 Å². The van der Waals surface area contributed by atoms with Crippen LogP contribution in [-0.2, 0) is 34.9 Å². The maximum Gasteiger partial charge on any atom is 0.263 e. The van der Waals surface area contributed by atoms with E-state index in [0.29, 0.717) is 0 Å². The predicted molar refractivity (Wildman–Crippen MR) is 112 cm³/mol. The van der Waals surface area contributed by atoms with Crippen molar-refractivity contribution in [2.24, 2.45) is 10.3 Å². The van der Waals surface area contributed by atoms with E-state index in [-0.39, 0.29) is 32.3 Å². The Hall–Kier alpha value is -2.59. The summed E-state index contributed by atoms with van der Waals surface area (Å²) in [5.74, 6) is -0.439. The van der Waals surface area contributed by atoms with Crippen LogP contribution >= 0.6 is 0 Å². The van der Waals surface area contributed by atoms with E-state index < -0.39 is 50.5 Å². The molecule has 31 heavy (non-hydrogen) atoms. The number of hydrogen-bond acceptors (Lipinski definition) is 8. The molecule has 4 aromatic rings. The summed E-state index contributed by atoms with van der Waals surface area (Å²) in [6.45, 7) is 0. The van der Waals surface area contributed by atoms with Crippen molar-refractivity contribution in [2.75, 3.05) is 7.11 Å². The highest BCUT2D eigenvalue weighted by Gasteiger charge is 2.27. The van der Waals surface area contributed by atoms with Gasteiger partial charge in [-0.3, -0.25) is 4.84 Å². The molecule has 0 aliphatic rings. The molecule has 0 aliphatic heterocycles. The molecule has 0 aliphatic carbocycles. The van der Waals surface area contributed by atoms with E-state index in [9.17, 15) is 30.4 Å². The summed E-state index contributed by atoms with van der Waals surface area (Å²) in [6, 6.07) is 7.22. The molecule has 14 heteroatoms. The van der Waals surface area contributed by atoms with Crippen LogP contribution in [0.3, 0.4) is 0 Å². The van der Waals surface area contributed by atoms with Gasteiger partial charge in [0.2, 0.25) is 20.0 Å². The highest BCUT2D eigenvalue weighted by Crippen LogP contribution is 2.44. The normalized spacial score (nSPS) is 13.5. The van der Waals surface area contributed by atoms with Gasteiger partial charge in [0.1, 0.15) is 5.75 Å². The molecule has 0 radical (unpaired) electrons. The Morgan fingerprint density at radius 3 is 1.65 bits per heavy atom. The lowest BCUT2D eigenvalue weighted by Crippen LogP contribution is -2.23. The zero-order chi connectivity index (χ0) is 22.9. The van der Waals surface area contributed by atoms with E-state index in [1.807, 2.05) is 4.89 Å². The molecule has 0 aromatic heterocycles. The molecular weight excluding hydrogens is 470 g/mol. The molecule has 0 amide bonds. The molecule has 0 unspecified atom stereocenters. The minimum atomic E-state index is -4.41. The fraction of sp³-hybridized carbons (Fsp3) is 0.0588. The number of benzene rings is 4. The molecule has 0 saturated carbocycles. The summed E-state index contributed by atoms with van der Waals surface area (Å²) < 4.78 is 74.2. The van der Waals surface area contributed by atoms with Gasteiger partial charge >= 0.3 is 0 Å². The molecule has 0 heterocycles. The van der Waals surface area contributed by atoms with Crippen molar-refractivity contribution in [3.05, 3.63) is 36.4 Å². The van der Waals surface area contributed by atoms with E-state index in [2.05, 4.69) is 4.84 Å². The Morgan fingerprint density at radius 2 is 1.16 bits per heavy atom. The third-order valence-corrected chi connectivity index (χ3v) is 8.06. The topological polar surface area (TPSA) is 196 Å². The van der Waals surface area contributed by atoms with Crippen molar-refractivity contribution >= 4 is 62.4 Å². The van der Waals surface area contributed by atoms with Crippen molar-refractivity contribution in [3.8, 4) is 5.75 Å². The van der Waals surface area contributed by atoms with E-state index in [1.54, 1.807) is 0 Å². The second kappa shape index (κ2) is 6.70. The van der Waals surface area contributed by atoms with Gasteiger partial charge in [0.05, 0.1) is 21.8 Å². The van der Waals surface area contributed by atoms with Crippen molar-refractivity contribution < 1.29 is 35.2 Å². The lowest BCUT2D eigenvalue weighted by molar-refractivity contribution is 0.153. The zero-order valence-corrected chi connectivity index (χ0v) is 18.1. The minimum absolute atomic E-state index is 0.0398. The van der Waals surface area contributed by atoms with Crippen LogP contribution in [-0.4, -0.2) is 37.5 Å². The van der Waals surface area contributed by atoms with Crippen LogP contribution in [0.1, 0.15) is 0 Å². The third kappa shape index (κ3) is 3.28. The van der Waals surface area contributed by atoms with Crippen LogP contribution < -0.4 is 15.2 Å². The molecule has 11 nitrogen and oxygen atoms in total. The first-order chi connectivity index (χ1) is 14.3. The maximum atomic E-state index is 12.7. The SMILES string of the molecule is CONS(=O)(=O)c1cc(S(N)(=O)=O)c2ccc3c(S(N)(=O)=O)cc(O)c4ccc1c2c43. The van der Waals surface area contributed by atoms with E-state index in [0.717, 1.165) is 19.2 Å². The third-order valence-electron chi connectivity index (χ3n) is 4.86. The Bertz CT molecular complexity index is 1710. The Morgan fingerprint density at radius 1 is 0.742 bits per heavy atom. The summed E-state index contributed by atoms with van der Waals surface area (Å²) in [7, 11) is -12.0. The van der Waals surface area contributed by atoms with Crippen molar-refractivity contribution in [1.82, 2.24) is 4.89 Å². The average molecular weight is 486 g/mol. The second-order valence-electron chi connectivity index (χ2n) is 6.72. The number of hydrogen-bond donors (Lipinski definition) is 4. The Balaban J connectivity index is 2.40. The van der Waals surface area contributed by atoms with Gasteiger partial charge in [-0.1, -0.05) is 23.1 Å². The standard InChI is InChI=1S/C17H15N3O8S3/c1-28-20-31(26,27)15-7-14(30(19,24)25)10-5-4-9-13(29(18,22)23)6-12(21)8-2-3-11(15)17(10)16(8)9/h2-7,20-21H,1H3,(H2,18,22,23)(H2,19,24,25). The number of phenolic OH excluding ortho intramolecular Hbond substituents is 1. The monoisotopic (exact) mass is 485 g/mol. The van der Waals surface area contributed by atoms with Gasteiger partial charge < -0.3 is 5.11 Å². The number of nitrogens with two attached hydrogens (primary N) is 2. The van der Waals surface area contributed by atoms with E-state index >= 15 is 0 Å². The highest BCUT2D eigenvalue weighted by atomic mass is 32.2. The van der Waals surface area contributed by atoms with Gasteiger partial charge in [0, 0.05) is 38.4 Å². The molecule has 0 bridgehead atoms. The number of rotatable bonds is 5. The van der Waals surface area contributed by atoms with Gasteiger partial charge in [0.15, 0.2) is 0 Å². The van der Waals surface area contributed by atoms with Crippen molar-refractivity contribution in [2.45, 2.75) is 14.7 Å². The summed E-state index contributed by atoms with van der Waals surface area (Å²) in [6.07, 6.45) is 0. The molecule has 4 rings (SSSR count). The fourth-order valence-electron chi connectivity index (χ4n) is 3.73. The summed E-state index contributed by atoms with van der Waals surface area (Å²) in [4.78, 5) is 4.93. The van der Waals surface area contributed by atoms with Gasteiger partial charge in [0.25, 0.3) is 10.0 Å². The number of nitrogens with one attached hydrogen (secondary N) is 1. The van der Waals surface area contributed by atoms with Crippen LogP contribution in [0.5, 0.6) is 5.75 Å². The Kier molecular flexibility index (Phi) is 4.68. The van der Waals surface area contributed by atoms with Gasteiger partial charge in [-0.15, -0.1) is 0 Å².